The molecule has 0 saturated carbocycles. The Morgan fingerprint density at radius 1 is 1.00 bits per heavy atom. The fraction of sp³-hybridized carbons (Fsp3) is 0.762. The number of hydrogen-bond acceptors (Lipinski definition) is 6. The van der Waals surface area contributed by atoms with Gasteiger partial charge in [-0.3, -0.25) is 14.5 Å². The van der Waals surface area contributed by atoms with Crippen LogP contribution >= 0.6 is 0 Å². The van der Waals surface area contributed by atoms with Crippen molar-refractivity contribution in [1.82, 2.24) is 24.8 Å². The lowest BCUT2D eigenvalue weighted by atomic mass is 9.92. The van der Waals surface area contributed by atoms with E-state index in [0.717, 1.165) is 78.0 Å². The van der Waals surface area contributed by atoms with E-state index in [9.17, 15) is 9.59 Å². The molecule has 8 heteroatoms. The van der Waals surface area contributed by atoms with Crippen molar-refractivity contribution in [2.24, 2.45) is 5.92 Å². The van der Waals surface area contributed by atoms with Crippen LogP contribution in [0.1, 0.15) is 41.9 Å². The minimum atomic E-state index is -0.0398. The summed E-state index contributed by atoms with van der Waals surface area (Å²) in [6, 6.07) is 2.16. The molecule has 1 aromatic rings. The molecular weight excluding hydrogens is 370 g/mol. The molecule has 3 fully saturated rings. The van der Waals surface area contributed by atoms with E-state index < -0.39 is 0 Å². The summed E-state index contributed by atoms with van der Waals surface area (Å²) in [6.07, 6.45) is 4.00. The predicted molar refractivity (Wildman–Crippen MR) is 109 cm³/mol. The molecule has 0 radical (unpaired) electrons. The first kappa shape index (κ1) is 20.3. The van der Waals surface area contributed by atoms with Crippen molar-refractivity contribution in [3.05, 3.63) is 17.5 Å². The Hall–Kier alpha value is -1.93. The highest BCUT2D eigenvalue weighted by Gasteiger charge is 2.35. The molecule has 4 rings (SSSR count). The lowest BCUT2D eigenvalue weighted by Gasteiger charge is -2.43. The zero-order valence-corrected chi connectivity index (χ0v) is 17.7. The van der Waals surface area contributed by atoms with Gasteiger partial charge in [-0.2, -0.15) is 0 Å². The molecule has 4 heterocycles. The van der Waals surface area contributed by atoms with E-state index in [-0.39, 0.29) is 11.8 Å². The van der Waals surface area contributed by atoms with Crippen molar-refractivity contribution in [1.29, 1.82) is 0 Å². The van der Waals surface area contributed by atoms with E-state index in [1.165, 1.54) is 0 Å². The van der Waals surface area contributed by atoms with Gasteiger partial charge in [0.05, 0.1) is 5.92 Å². The average molecular weight is 404 g/mol. The molecule has 160 valence electrons. The first-order chi connectivity index (χ1) is 14.0. The van der Waals surface area contributed by atoms with Crippen LogP contribution in [-0.2, 0) is 4.79 Å². The van der Waals surface area contributed by atoms with Crippen LogP contribution in [0.2, 0.25) is 0 Å². The second kappa shape index (κ2) is 8.83. The maximum absolute atomic E-state index is 13.0. The third kappa shape index (κ3) is 4.64. The monoisotopic (exact) mass is 403 g/mol. The van der Waals surface area contributed by atoms with Crippen molar-refractivity contribution >= 4 is 11.8 Å². The van der Waals surface area contributed by atoms with Gasteiger partial charge in [-0.25, -0.2) is 0 Å². The molecule has 3 saturated heterocycles. The Labute approximate surface area is 172 Å². The van der Waals surface area contributed by atoms with E-state index in [0.29, 0.717) is 23.4 Å². The van der Waals surface area contributed by atoms with E-state index in [4.69, 9.17) is 4.52 Å². The molecule has 1 aromatic heterocycles. The highest BCUT2D eigenvalue weighted by atomic mass is 16.5. The van der Waals surface area contributed by atoms with Crippen LogP contribution in [0, 0.1) is 12.8 Å². The van der Waals surface area contributed by atoms with Crippen LogP contribution in [0.25, 0.3) is 0 Å². The van der Waals surface area contributed by atoms with Gasteiger partial charge in [-0.05, 0) is 46.2 Å². The number of rotatable bonds is 3. The predicted octanol–water partition coefficient (Wildman–Crippen LogP) is 1.07. The fourth-order valence-corrected chi connectivity index (χ4v) is 4.89. The molecule has 0 aromatic carbocycles. The topological polar surface area (TPSA) is 73.1 Å². The quantitative estimate of drug-likeness (QED) is 0.752. The Morgan fingerprint density at radius 2 is 1.72 bits per heavy atom. The summed E-state index contributed by atoms with van der Waals surface area (Å²) < 4.78 is 5.04. The van der Waals surface area contributed by atoms with E-state index in [1.54, 1.807) is 13.0 Å². The standard InChI is InChI=1S/C21H33N5O3/c1-16-14-19(22-29-16)21(28)24-8-5-18(6-9-24)26-7-3-4-17(15-26)20(27)25-12-10-23(2)11-13-25/h14,17-18H,3-13,15H2,1-2H3/t17-/m1/s1. The highest BCUT2D eigenvalue weighted by Crippen LogP contribution is 2.26. The van der Waals surface area contributed by atoms with Gasteiger partial charge >= 0.3 is 0 Å². The summed E-state index contributed by atoms with van der Waals surface area (Å²) in [5.41, 5.74) is 0.400. The summed E-state index contributed by atoms with van der Waals surface area (Å²) in [7, 11) is 2.12. The second-order valence-corrected chi connectivity index (χ2v) is 8.81. The van der Waals surface area contributed by atoms with Gasteiger partial charge < -0.3 is 19.2 Å². The number of piperazine rings is 1. The lowest BCUT2D eigenvalue weighted by Crippen LogP contribution is -2.54. The maximum Gasteiger partial charge on any atom is 0.276 e. The Morgan fingerprint density at radius 3 is 2.38 bits per heavy atom. The van der Waals surface area contributed by atoms with Crippen molar-refractivity contribution in [2.45, 2.75) is 38.6 Å². The summed E-state index contributed by atoms with van der Waals surface area (Å²) in [6.45, 7) is 8.86. The average Bonchev–Trinajstić information content (AvgIpc) is 3.20. The number of likely N-dealkylation sites (N-methyl/N-ethyl adjacent to an activating group) is 1. The number of hydrogen-bond donors (Lipinski definition) is 0. The van der Waals surface area contributed by atoms with Crippen molar-refractivity contribution < 1.29 is 14.1 Å². The minimum Gasteiger partial charge on any atom is -0.361 e. The maximum atomic E-state index is 13.0. The van der Waals surface area contributed by atoms with Gasteiger partial charge in [-0.1, -0.05) is 5.16 Å². The molecule has 0 N–H and O–H groups in total. The molecule has 3 aliphatic rings. The Balaban J connectivity index is 1.28. The lowest BCUT2D eigenvalue weighted by molar-refractivity contribution is -0.139. The van der Waals surface area contributed by atoms with Crippen LogP contribution < -0.4 is 0 Å². The van der Waals surface area contributed by atoms with Crippen LogP contribution in [0.5, 0.6) is 0 Å². The van der Waals surface area contributed by atoms with Crippen LogP contribution in [0.3, 0.4) is 0 Å². The number of carbonyl (C=O) groups is 2. The third-order valence-electron chi connectivity index (χ3n) is 6.73. The van der Waals surface area contributed by atoms with Gasteiger partial charge in [0.15, 0.2) is 5.69 Å². The number of piperidine rings is 2. The van der Waals surface area contributed by atoms with Gasteiger partial charge in [0.2, 0.25) is 5.91 Å². The molecular formula is C21H33N5O3. The number of aromatic nitrogens is 1. The number of nitrogens with zero attached hydrogens (tertiary/aromatic N) is 5. The van der Waals surface area contributed by atoms with Gasteiger partial charge in [-0.15, -0.1) is 0 Å². The number of carbonyl (C=O) groups excluding carboxylic acids is 2. The van der Waals surface area contributed by atoms with Crippen LogP contribution in [0.15, 0.2) is 10.6 Å². The molecule has 29 heavy (non-hydrogen) atoms. The molecule has 0 bridgehead atoms. The van der Waals surface area contributed by atoms with Crippen LogP contribution in [0.4, 0.5) is 0 Å². The zero-order valence-electron chi connectivity index (χ0n) is 17.7. The highest BCUT2D eigenvalue weighted by molar-refractivity contribution is 5.92. The fourth-order valence-electron chi connectivity index (χ4n) is 4.89. The first-order valence-electron chi connectivity index (χ1n) is 11.0. The van der Waals surface area contributed by atoms with Crippen LogP contribution in [-0.4, -0.2) is 102 Å². The van der Waals surface area contributed by atoms with Crippen molar-refractivity contribution in [3.63, 3.8) is 0 Å². The van der Waals surface area contributed by atoms with Crippen molar-refractivity contribution in [2.75, 3.05) is 59.4 Å². The number of amides is 2. The number of likely N-dealkylation sites (tertiary alicyclic amines) is 2. The minimum absolute atomic E-state index is 0.0398. The molecule has 0 spiro atoms. The molecule has 8 nitrogen and oxygen atoms in total. The van der Waals surface area contributed by atoms with Gasteiger partial charge in [0, 0.05) is 57.9 Å². The van der Waals surface area contributed by atoms with Crippen molar-refractivity contribution in [3.8, 4) is 0 Å². The molecule has 0 aliphatic carbocycles. The number of aryl methyl sites for hydroxylation is 1. The summed E-state index contributed by atoms with van der Waals surface area (Å²) in [4.78, 5) is 34.3. The molecule has 3 aliphatic heterocycles. The van der Waals surface area contributed by atoms with Gasteiger partial charge in [0.25, 0.3) is 5.91 Å². The first-order valence-corrected chi connectivity index (χ1v) is 11.0. The molecule has 2 amide bonds. The Bertz CT molecular complexity index is 720. The zero-order chi connectivity index (χ0) is 20.4. The SMILES string of the molecule is Cc1cc(C(=O)N2CCC(N3CCC[C@@H](C(=O)N4CCN(C)CC4)C3)CC2)no1. The smallest absolute Gasteiger partial charge is 0.276 e. The second-order valence-electron chi connectivity index (χ2n) is 8.81. The normalized spacial score (nSPS) is 25.4. The largest absolute Gasteiger partial charge is 0.361 e. The van der Waals surface area contributed by atoms with E-state index in [2.05, 4.69) is 26.9 Å². The molecule has 0 unspecified atom stereocenters. The molecule has 1 atom stereocenters. The summed E-state index contributed by atoms with van der Waals surface area (Å²) in [5.74, 6) is 1.09. The van der Waals surface area contributed by atoms with Gasteiger partial charge in [0.1, 0.15) is 5.76 Å². The van der Waals surface area contributed by atoms with E-state index >= 15 is 0 Å². The summed E-state index contributed by atoms with van der Waals surface area (Å²) >= 11 is 0. The Kier molecular flexibility index (Phi) is 6.20. The van der Waals surface area contributed by atoms with E-state index in [1.807, 2.05) is 4.90 Å². The summed E-state index contributed by atoms with van der Waals surface area (Å²) in [5, 5.41) is 3.86. The third-order valence-corrected chi connectivity index (χ3v) is 6.73.